The second-order valence-corrected chi connectivity index (χ2v) is 6.82. The Morgan fingerprint density at radius 3 is 2.85 bits per heavy atom. The van der Waals surface area contributed by atoms with Crippen LogP contribution in [-0.2, 0) is 14.8 Å². The maximum Gasteiger partial charge on any atom is 0.240 e. The summed E-state index contributed by atoms with van der Waals surface area (Å²) in [5, 5.41) is 10.2. The minimum atomic E-state index is -3.74. The van der Waals surface area contributed by atoms with Crippen molar-refractivity contribution in [2.24, 2.45) is 0 Å². The molecule has 1 aliphatic rings. The van der Waals surface area contributed by atoms with Crippen LogP contribution in [0, 0.1) is 0 Å². The summed E-state index contributed by atoms with van der Waals surface area (Å²) in [6.45, 7) is 0.449. The van der Waals surface area contributed by atoms with Crippen molar-refractivity contribution in [2.45, 2.75) is 16.9 Å². The van der Waals surface area contributed by atoms with E-state index in [-0.39, 0.29) is 23.1 Å². The van der Waals surface area contributed by atoms with Crippen molar-refractivity contribution in [1.82, 2.24) is 4.72 Å². The van der Waals surface area contributed by atoms with E-state index in [0.29, 0.717) is 18.8 Å². The molecule has 1 aliphatic heterocycles. The Morgan fingerprint density at radius 2 is 2.30 bits per heavy atom. The van der Waals surface area contributed by atoms with Crippen molar-refractivity contribution in [3.8, 4) is 5.75 Å². The van der Waals surface area contributed by atoms with E-state index in [2.05, 4.69) is 4.72 Å². The van der Waals surface area contributed by atoms with Gasteiger partial charge >= 0.3 is 0 Å². The van der Waals surface area contributed by atoms with Crippen LogP contribution in [0.1, 0.15) is 6.42 Å². The summed E-state index contributed by atoms with van der Waals surface area (Å²) in [6.07, 6.45) is 0.402. The molecule has 0 unspecified atom stereocenters. The predicted molar refractivity (Wildman–Crippen MR) is 73.6 cm³/mol. The van der Waals surface area contributed by atoms with Crippen LogP contribution in [-0.4, -0.2) is 46.0 Å². The molecule has 1 aromatic carbocycles. The summed E-state index contributed by atoms with van der Waals surface area (Å²) in [5.41, 5.74) is -1.15. The molecule has 6 nitrogen and oxygen atoms in total. The zero-order chi connectivity index (χ0) is 14.8. The predicted octanol–water partition coefficient (Wildman–Crippen LogP) is 0.778. The molecule has 1 saturated heterocycles. The van der Waals surface area contributed by atoms with E-state index in [1.165, 1.54) is 25.3 Å². The molecule has 0 bridgehead atoms. The van der Waals surface area contributed by atoms with Gasteiger partial charge in [0, 0.05) is 19.6 Å². The van der Waals surface area contributed by atoms with Gasteiger partial charge in [-0.3, -0.25) is 0 Å². The van der Waals surface area contributed by atoms with Gasteiger partial charge < -0.3 is 14.6 Å². The van der Waals surface area contributed by atoms with Crippen molar-refractivity contribution in [1.29, 1.82) is 0 Å². The highest BCUT2D eigenvalue weighted by molar-refractivity contribution is 7.89. The molecule has 1 fully saturated rings. The van der Waals surface area contributed by atoms with E-state index in [1.54, 1.807) is 0 Å². The van der Waals surface area contributed by atoms with Crippen LogP contribution in [0.3, 0.4) is 0 Å². The largest absolute Gasteiger partial charge is 0.495 e. The van der Waals surface area contributed by atoms with Gasteiger partial charge in [-0.2, -0.15) is 0 Å². The fourth-order valence-corrected chi connectivity index (χ4v) is 3.33. The molecule has 2 N–H and O–H groups in total. The number of aliphatic hydroxyl groups is 1. The Labute approximate surface area is 122 Å². The van der Waals surface area contributed by atoms with Crippen LogP contribution < -0.4 is 9.46 Å². The van der Waals surface area contributed by atoms with E-state index in [1.807, 2.05) is 0 Å². The van der Waals surface area contributed by atoms with Gasteiger partial charge in [-0.25, -0.2) is 13.1 Å². The van der Waals surface area contributed by atoms with Crippen LogP contribution in [0.5, 0.6) is 5.75 Å². The van der Waals surface area contributed by atoms with Crippen molar-refractivity contribution >= 4 is 21.6 Å². The molecule has 20 heavy (non-hydrogen) atoms. The molecule has 8 heteroatoms. The van der Waals surface area contributed by atoms with Crippen LogP contribution in [0.4, 0.5) is 0 Å². The molecule has 0 spiro atoms. The third-order valence-corrected chi connectivity index (χ3v) is 4.80. The summed E-state index contributed by atoms with van der Waals surface area (Å²) in [6, 6.07) is 4.17. The maximum atomic E-state index is 12.1. The molecular weight excluding hydrogens is 306 g/mol. The summed E-state index contributed by atoms with van der Waals surface area (Å²) < 4.78 is 36.6. The van der Waals surface area contributed by atoms with Crippen LogP contribution in [0.2, 0.25) is 5.02 Å². The van der Waals surface area contributed by atoms with Gasteiger partial charge in [-0.15, -0.1) is 0 Å². The number of halogens is 1. The average Bonchev–Trinajstić information content (AvgIpc) is 2.84. The van der Waals surface area contributed by atoms with Crippen LogP contribution in [0.25, 0.3) is 0 Å². The Balaban J connectivity index is 2.12. The average molecular weight is 322 g/mol. The SMILES string of the molecule is COc1ccc(S(=O)(=O)NC[C@]2(O)CCOC2)cc1Cl. The highest BCUT2D eigenvalue weighted by Crippen LogP contribution is 2.27. The number of hydrogen-bond donors (Lipinski definition) is 2. The van der Waals surface area contributed by atoms with E-state index < -0.39 is 15.6 Å². The smallest absolute Gasteiger partial charge is 0.240 e. The molecule has 1 heterocycles. The normalized spacial score (nSPS) is 22.9. The first-order chi connectivity index (χ1) is 9.36. The molecule has 0 aliphatic carbocycles. The Bertz CT molecular complexity index is 584. The third kappa shape index (κ3) is 3.42. The van der Waals surface area contributed by atoms with Gasteiger partial charge in [0.05, 0.1) is 23.6 Å². The fraction of sp³-hybridized carbons (Fsp3) is 0.500. The molecule has 0 amide bonds. The number of benzene rings is 1. The zero-order valence-corrected chi connectivity index (χ0v) is 12.5. The topological polar surface area (TPSA) is 84.9 Å². The standard InChI is InChI=1S/C12H16ClNO5S/c1-18-11-3-2-9(6-10(11)13)20(16,17)14-7-12(15)4-5-19-8-12/h2-3,6,14-15H,4-5,7-8H2,1H3/t12-/m1/s1. The third-order valence-electron chi connectivity index (χ3n) is 3.11. The molecule has 112 valence electrons. The van der Waals surface area contributed by atoms with Crippen molar-refractivity contribution in [3.63, 3.8) is 0 Å². The number of ether oxygens (including phenoxy) is 2. The summed E-state index contributed by atoms with van der Waals surface area (Å²) in [5.74, 6) is 0.397. The Hall–Kier alpha value is -0.860. The van der Waals surface area contributed by atoms with Gasteiger partial charge in [0.1, 0.15) is 11.4 Å². The second kappa shape index (κ2) is 5.87. The lowest BCUT2D eigenvalue weighted by atomic mass is 10.1. The van der Waals surface area contributed by atoms with Gasteiger partial charge in [0.15, 0.2) is 0 Å². The number of methoxy groups -OCH3 is 1. The maximum absolute atomic E-state index is 12.1. The minimum absolute atomic E-state index is 0.0193. The highest BCUT2D eigenvalue weighted by Gasteiger charge is 2.33. The molecule has 0 aromatic heterocycles. The first kappa shape index (κ1) is 15.5. The van der Waals surface area contributed by atoms with Gasteiger partial charge in [0.25, 0.3) is 0 Å². The molecule has 2 rings (SSSR count). The number of rotatable bonds is 5. The monoisotopic (exact) mass is 321 g/mol. The summed E-state index contributed by atoms with van der Waals surface area (Å²) >= 11 is 5.90. The second-order valence-electron chi connectivity index (χ2n) is 4.65. The highest BCUT2D eigenvalue weighted by atomic mass is 35.5. The summed E-state index contributed by atoms with van der Waals surface area (Å²) in [7, 11) is -2.29. The van der Waals surface area contributed by atoms with E-state index in [4.69, 9.17) is 21.1 Å². The van der Waals surface area contributed by atoms with Crippen molar-refractivity contribution in [3.05, 3.63) is 23.2 Å². The van der Waals surface area contributed by atoms with E-state index >= 15 is 0 Å². The van der Waals surface area contributed by atoms with Crippen molar-refractivity contribution < 1.29 is 23.0 Å². The minimum Gasteiger partial charge on any atom is -0.495 e. The van der Waals surface area contributed by atoms with Crippen LogP contribution in [0.15, 0.2) is 23.1 Å². The Kier molecular flexibility index (Phi) is 4.55. The van der Waals surface area contributed by atoms with Crippen molar-refractivity contribution in [2.75, 3.05) is 26.9 Å². The fourth-order valence-electron chi connectivity index (χ4n) is 1.86. The lowest BCUT2D eigenvalue weighted by Gasteiger charge is -2.20. The van der Waals surface area contributed by atoms with E-state index in [0.717, 1.165) is 0 Å². The number of hydrogen-bond acceptors (Lipinski definition) is 5. The molecule has 0 saturated carbocycles. The lowest BCUT2D eigenvalue weighted by Crippen LogP contribution is -2.43. The molecular formula is C12H16ClNO5S. The zero-order valence-electron chi connectivity index (χ0n) is 10.9. The summed E-state index contributed by atoms with van der Waals surface area (Å²) in [4.78, 5) is 0.0193. The van der Waals surface area contributed by atoms with Gasteiger partial charge in [-0.1, -0.05) is 11.6 Å². The quantitative estimate of drug-likeness (QED) is 0.837. The molecule has 1 atom stereocenters. The van der Waals surface area contributed by atoms with Gasteiger partial charge in [0.2, 0.25) is 10.0 Å². The lowest BCUT2D eigenvalue weighted by molar-refractivity contribution is 0.0314. The Morgan fingerprint density at radius 1 is 1.55 bits per heavy atom. The first-order valence-electron chi connectivity index (χ1n) is 6.00. The number of sulfonamides is 1. The molecule has 1 aromatic rings. The molecule has 0 radical (unpaired) electrons. The number of nitrogens with one attached hydrogen (secondary N) is 1. The van der Waals surface area contributed by atoms with Crippen LogP contribution >= 0.6 is 11.6 Å². The first-order valence-corrected chi connectivity index (χ1v) is 7.86. The van der Waals surface area contributed by atoms with E-state index in [9.17, 15) is 13.5 Å². The van der Waals surface area contributed by atoms with Gasteiger partial charge in [-0.05, 0) is 18.2 Å².